The van der Waals surface area contributed by atoms with Crippen LogP contribution in [0.3, 0.4) is 0 Å². The predicted octanol–water partition coefficient (Wildman–Crippen LogP) is 2.80. The molecule has 5 heteroatoms. The summed E-state index contributed by atoms with van der Waals surface area (Å²) < 4.78 is 0. The van der Waals surface area contributed by atoms with Crippen LogP contribution < -0.4 is 0 Å². The Labute approximate surface area is 127 Å². The summed E-state index contributed by atoms with van der Waals surface area (Å²) in [4.78, 5) is 27.4. The van der Waals surface area contributed by atoms with Crippen molar-refractivity contribution in [3.05, 3.63) is 0 Å². The van der Waals surface area contributed by atoms with E-state index in [9.17, 15) is 14.7 Å². The van der Waals surface area contributed by atoms with Crippen LogP contribution in [0.1, 0.15) is 52.9 Å². The minimum absolute atomic E-state index is 0.0325. The third-order valence-corrected chi connectivity index (χ3v) is 5.36. The molecule has 2 aliphatic rings. The molecule has 2 amide bonds. The Hall–Kier alpha value is -1.26. The van der Waals surface area contributed by atoms with Crippen molar-refractivity contribution in [3.63, 3.8) is 0 Å². The number of carbonyl (C=O) groups is 2. The molecule has 0 aromatic rings. The van der Waals surface area contributed by atoms with E-state index in [1.807, 2.05) is 14.0 Å². The van der Waals surface area contributed by atoms with Gasteiger partial charge in [0.25, 0.3) is 0 Å². The number of nitrogens with zero attached hydrogens (tertiary/aromatic N) is 2. The van der Waals surface area contributed by atoms with Crippen molar-refractivity contribution in [3.8, 4) is 0 Å². The summed E-state index contributed by atoms with van der Waals surface area (Å²) in [7, 11) is 1.83. The van der Waals surface area contributed by atoms with Gasteiger partial charge in [0.1, 0.15) is 6.04 Å². The fourth-order valence-electron chi connectivity index (χ4n) is 3.67. The lowest BCUT2D eigenvalue weighted by molar-refractivity contribution is -0.142. The van der Waals surface area contributed by atoms with Crippen molar-refractivity contribution in [1.29, 1.82) is 0 Å². The summed E-state index contributed by atoms with van der Waals surface area (Å²) in [6.45, 7) is 7.01. The molecule has 1 N–H and O–H groups in total. The van der Waals surface area contributed by atoms with Crippen LogP contribution in [0.4, 0.5) is 4.79 Å². The number of carbonyl (C=O) groups excluding carboxylic acids is 1. The van der Waals surface area contributed by atoms with E-state index in [1.54, 1.807) is 9.80 Å². The molecule has 1 aliphatic heterocycles. The highest BCUT2D eigenvalue weighted by Crippen LogP contribution is 2.37. The van der Waals surface area contributed by atoms with Crippen LogP contribution >= 0.6 is 0 Å². The first-order valence-corrected chi connectivity index (χ1v) is 7.99. The molecule has 0 spiro atoms. The maximum Gasteiger partial charge on any atom is 0.326 e. The Bertz CT molecular complexity index is 412. The third kappa shape index (κ3) is 3.33. The second kappa shape index (κ2) is 5.85. The highest BCUT2D eigenvalue weighted by atomic mass is 16.4. The Morgan fingerprint density at radius 1 is 1.19 bits per heavy atom. The summed E-state index contributed by atoms with van der Waals surface area (Å²) in [5, 5.41) is 9.35. The monoisotopic (exact) mass is 296 g/mol. The second-order valence-corrected chi connectivity index (χ2v) is 7.53. The van der Waals surface area contributed by atoms with Gasteiger partial charge in [-0.25, -0.2) is 9.59 Å². The lowest BCUT2D eigenvalue weighted by atomic mass is 9.75. The Morgan fingerprint density at radius 3 is 2.29 bits per heavy atom. The van der Waals surface area contributed by atoms with Crippen LogP contribution in [0, 0.1) is 11.3 Å². The molecule has 0 aromatic heterocycles. The van der Waals surface area contributed by atoms with E-state index < -0.39 is 12.0 Å². The molecular weight excluding hydrogens is 268 g/mol. The van der Waals surface area contributed by atoms with E-state index in [-0.39, 0.29) is 18.0 Å². The van der Waals surface area contributed by atoms with Crippen molar-refractivity contribution >= 4 is 12.0 Å². The lowest BCUT2D eigenvalue weighted by Crippen LogP contribution is -2.51. The summed E-state index contributed by atoms with van der Waals surface area (Å²) in [6.07, 6.45) is 5.03. The molecule has 2 unspecified atom stereocenters. The van der Waals surface area contributed by atoms with Crippen molar-refractivity contribution in [1.82, 2.24) is 9.80 Å². The molecular formula is C16H28N2O3. The highest BCUT2D eigenvalue weighted by molar-refractivity contribution is 5.83. The first kappa shape index (κ1) is 16.1. The van der Waals surface area contributed by atoms with E-state index in [1.165, 1.54) is 0 Å². The van der Waals surface area contributed by atoms with Crippen molar-refractivity contribution in [2.24, 2.45) is 11.3 Å². The number of carboxylic acid groups (broad SMARTS) is 1. The number of aliphatic carboxylic acids is 1. The summed E-state index contributed by atoms with van der Waals surface area (Å²) in [5.74, 6) is -0.850. The van der Waals surface area contributed by atoms with Gasteiger partial charge in [0.15, 0.2) is 0 Å². The van der Waals surface area contributed by atoms with Gasteiger partial charge < -0.3 is 14.9 Å². The largest absolute Gasteiger partial charge is 0.480 e. The van der Waals surface area contributed by atoms with Crippen molar-refractivity contribution in [2.75, 3.05) is 13.6 Å². The quantitative estimate of drug-likeness (QED) is 0.852. The number of likely N-dealkylation sites (tertiary alicyclic amines) is 1. The van der Waals surface area contributed by atoms with Crippen LogP contribution in [0.2, 0.25) is 0 Å². The first-order chi connectivity index (χ1) is 9.73. The van der Waals surface area contributed by atoms with Crippen LogP contribution in [0.5, 0.6) is 0 Å². The zero-order valence-electron chi connectivity index (χ0n) is 13.6. The highest BCUT2D eigenvalue weighted by Gasteiger charge is 2.42. The van der Waals surface area contributed by atoms with Gasteiger partial charge in [0, 0.05) is 19.6 Å². The molecule has 1 heterocycles. The number of carboxylic acids is 1. The van der Waals surface area contributed by atoms with Gasteiger partial charge in [-0.1, -0.05) is 20.8 Å². The fourth-order valence-corrected chi connectivity index (χ4v) is 3.67. The summed E-state index contributed by atoms with van der Waals surface area (Å²) >= 11 is 0. The van der Waals surface area contributed by atoms with Crippen LogP contribution in [-0.4, -0.2) is 52.6 Å². The average molecular weight is 296 g/mol. The Morgan fingerprint density at radius 2 is 1.76 bits per heavy atom. The van der Waals surface area contributed by atoms with Gasteiger partial charge in [-0.05, 0) is 43.4 Å². The zero-order chi connectivity index (χ0) is 15.8. The van der Waals surface area contributed by atoms with E-state index in [0.717, 1.165) is 32.1 Å². The Balaban J connectivity index is 2.01. The summed E-state index contributed by atoms with van der Waals surface area (Å²) in [5.41, 5.74) is 0.367. The van der Waals surface area contributed by atoms with Crippen LogP contribution in [0.25, 0.3) is 0 Å². The molecule has 1 saturated heterocycles. The molecule has 120 valence electrons. The van der Waals surface area contributed by atoms with Crippen LogP contribution in [-0.2, 0) is 4.79 Å². The molecule has 1 aliphatic carbocycles. The number of amides is 2. The molecule has 21 heavy (non-hydrogen) atoms. The van der Waals surface area contributed by atoms with E-state index >= 15 is 0 Å². The van der Waals surface area contributed by atoms with Gasteiger partial charge in [0.2, 0.25) is 0 Å². The van der Waals surface area contributed by atoms with Gasteiger partial charge in [-0.2, -0.15) is 0 Å². The predicted molar refractivity (Wildman–Crippen MR) is 81.1 cm³/mol. The first-order valence-electron chi connectivity index (χ1n) is 7.99. The number of hydrogen-bond acceptors (Lipinski definition) is 2. The molecule has 2 atom stereocenters. The van der Waals surface area contributed by atoms with Crippen LogP contribution in [0.15, 0.2) is 0 Å². The molecule has 0 aromatic carbocycles. The number of urea groups is 1. The fraction of sp³-hybridized carbons (Fsp3) is 0.875. The van der Waals surface area contributed by atoms with Gasteiger partial charge in [-0.3, -0.25) is 0 Å². The second-order valence-electron chi connectivity index (χ2n) is 7.53. The van der Waals surface area contributed by atoms with Gasteiger partial charge in [0.05, 0.1) is 0 Å². The van der Waals surface area contributed by atoms with E-state index in [2.05, 4.69) is 13.8 Å². The maximum atomic E-state index is 12.7. The maximum absolute atomic E-state index is 12.7. The standard InChI is InChI=1S/C16H28N2O3/c1-11-7-10-18(13(11)14(19)20)15(21)17(4)12-5-8-16(2,3)9-6-12/h11-13H,5-10H2,1-4H3,(H,19,20). The molecule has 2 rings (SSSR count). The molecule has 1 saturated carbocycles. The number of hydrogen-bond donors (Lipinski definition) is 1. The van der Waals surface area contributed by atoms with E-state index in [0.29, 0.717) is 12.0 Å². The zero-order valence-corrected chi connectivity index (χ0v) is 13.6. The smallest absolute Gasteiger partial charge is 0.326 e. The van der Waals surface area contributed by atoms with E-state index in [4.69, 9.17) is 0 Å². The topological polar surface area (TPSA) is 60.9 Å². The molecule has 5 nitrogen and oxygen atoms in total. The lowest BCUT2D eigenvalue weighted by Gasteiger charge is -2.40. The van der Waals surface area contributed by atoms with Gasteiger partial charge in [-0.15, -0.1) is 0 Å². The number of rotatable bonds is 2. The molecule has 0 bridgehead atoms. The molecule has 2 fully saturated rings. The van der Waals surface area contributed by atoms with Gasteiger partial charge >= 0.3 is 12.0 Å². The van der Waals surface area contributed by atoms with Crippen molar-refractivity contribution in [2.45, 2.75) is 65.0 Å². The third-order valence-electron chi connectivity index (χ3n) is 5.36. The normalized spacial score (nSPS) is 29.4. The summed E-state index contributed by atoms with van der Waals surface area (Å²) in [6, 6.07) is -0.535. The minimum atomic E-state index is -0.883. The Kier molecular flexibility index (Phi) is 4.49. The SMILES string of the molecule is CC1CCN(C(=O)N(C)C2CCC(C)(C)CC2)C1C(=O)O. The minimum Gasteiger partial charge on any atom is -0.480 e. The van der Waals surface area contributed by atoms with Crippen molar-refractivity contribution < 1.29 is 14.7 Å². The average Bonchev–Trinajstić information content (AvgIpc) is 2.79. The molecule has 0 radical (unpaired) electrons.